The Morgan fingerprint density at radius 1 is 0.960 bits per heavy atom. The molecule has 25 heavy (non-hydrogen) atoms. The van der Waals surface area contributed by atoms with Crippen molar-refractivity contribution in [2.75, 3.05) is 6.54 Å². The lowest BCUT2D eigenvalue weighted by Crippen LogP contribution is -2.46. The standard InChI is InChI=1S/C22H28ClNO/c1-22(2,3)24(16-10-9-13-18-11-5-4-6-12-18)21(25)20-15-8-7-14-19(20)17-23/h4-8,11-12,14-15H,9-10,13,16-17H2,1-3H3. The Labute approximate surface area is 156 Å². The van der Waals surface area contributed by atoms with Crippen molar-refractivity contribution in [2.24, 2.45) is 0 Å². The maximum atomic E-state index is 13.1. The van der Waals surface area contributed by atoms with Crippen LogP contribution in [0, 0.1) is 0 Å². The Morgan fingerprint density at radius 2 is 1.60 bits per heavy atom. The quantitative estimate of drug-likeness (QED) is 0.460. The second-order valence-corrected chi connectivity index (χ2v) is 7.63. The van der Waals surface area contributed by atoms with Gasteiger partial charge in [-0.05, 0) is 57.2 Å². The fourth-order valence-corrected chi connectivity index (χ4v) is 3.21. The van der Waals surface area contributed by atoms with Crippen LogP contribution < -0.4 is 0 Å². The molecule has 0 bridgehead atoms. The van der Waals surface area contributed by atoms with Crippen molar-refractivity contribution >= 4 is 17.5 Å². The molecular weight excluding hydrogens is 330 g/mol. The summed E-state index contributed by atoms with van der Waals surface area (Å²) in [4.78, 5) is 15.1. The summed E-state index contributed by atoms with van der Waals surface area (Å²) in [6.45, 7) is 7.02. The average molecular weight is 358 g/mol. The number of amides is 1. The van der Waals surface area contributed by atoms with Gasteiger partial charge in [0.1, 0.15) is 0 Å². The van der Waals surface area contributed by atoms with Crippen LogP contribution in [-0.4, -0.2) is 22.9 Å². The maximum absolute atomic E-state index is 13.1. The SMILES string of the molecule is CC(C)(C)N(CCCCc1ccccc1)C(=O)c1ccccc1CCl. The van der Waals surface area contributed by atoms with E-state index in [2.05, 4.69) is 45.0 Å². The molecule has 0 unspecified atom stereocenters. The molecule has 0 saturated heterocycles. The Balaban J connectivity index is 2.02. The molecule has 2 aromatic carbocycles. The first-order valence-electron chi connectivity index (χ1n) is 8.93. The molecule has 0 spiro atoms. The van der Waals surface area contributed by atoms with Crippen LogP contribution in [0.3, 0.4) is 0 Å². The minimum atomic E-state index is -0.219. The van der Waals surface area contributed by atoms with E-state index in [0.717, 1.165) is 36.9 Å². The third-order valence-corrected chi connectivity index (χ3v) is 4.67. The van der Waals surface area contributed by atoms with E-state index in [4.69, 9.17) is 11.6 Å². The van der Waals surface area contributed by atoms with Crippen LogP contribution in [0.2, 0.25) is 0 Å². The van der Waals surface area contributed by atoms with Crippen LogP contribution in [0.4, 0.5) is 0 Å². The van der Waals surface area contributed by atoms with Crippen molar-refractivity contribution in [3.8, 4) is 0 Å². The third-order valence-electron chi connectivity index (χ3n) is 4.39. The highest BCUT2D eigenvalue weighted by molar-refractivity contribution is 6.17. The van der Waals surface area contributed by atoms with Gasteiger partial charge >= 0.3 is 0 Å². The van der Waals surface area contributed by atoms with Crippen LogP contribution in [0.1, 0.15) is 55.1 Å². The topological polar surface area (TPSA) is 20.3 Å². The zero-order valence-electron chi connectivity index (χ0n) is 15.5. The number of rotatable bonds is 7. The molecule has 0 heterocycles. The van der Waals surface area contributed by atoms with E-state index in [9.17, 15) is 4.79 Å². The number of unbranched alkanes of at least 4 members (excludes halogenated alkanes) is 1. The van der Waals surface area contributed by atoms with Crippen molar-refractivity contribution < 1.29 is 4.79 Å². The number of hydrogen-bond acceptors (Lipinski definition) is 1. The number of carbonyl (C=O) groups excluding carboxylic acids is 1. The second kappa shape index (κ2) is 9.05. The molecule has 0 atom stereocenters. The van der Waals surface area contributed by atoms with Crippen LogP contribution in [0.5, 0.6) is 0 Å². The van der Waals surface area contributed by atoms with E-state index in [0.29, 0.717) is 5.88 Å². The van der Waals surface area contributed by atoms with Crippen LogP contribution in [-0.2, 0) is 12.3 Å². The van der Waals surface area contributed by atoms with Gasteiger partial charge in [0.05, 0.1) is 0 Å². The number of benzene rings is 2. The van der Waals surface area contributed by atoms with E-state index >= 15 is 0 Å². The lowest BCUT2D eigenvalue weighted by Gasteiger charge is -2.36. The van der Waals surface area contributed by atoms with Gasteiger partial charge in [-0.2, -0.15) is 0 Å². The molecule has 2 aromatic rings. The molecule has 2 rings (SSSR count). The molecule has 1 amide bonds. The number of aryl methyl sites for hydroxylation is 1. The van der Waals surface area contributed by atoms with Gasteiger partial charge in [0, 0.05) is 23.5 Å². The predicted octanol–water partition coefficient (Wildman–Crippen LogP) is 5.69. The number of nitrogens with zero attached hydrogens (tertiary/aromatic N) is 1. The molecule has 2 nitrogen and oxygen atoms in total. The first-order valence-corrected chi connectivity index (χ1v) is 9.46. The van der Waals surface area contributed by atoms with Gasteiger partial charge in [0.2, 0.25) is 0 Å². The minimum Gasteiger partial charge on any atom is -0.334 e. The fraction of sp³-hybridized carbons (Fsp3) is 0.409. The van der Waals surface area contributed by atoms with Crippen molar-refractivity contribution in [3.05, 3.63) is 71.3 Å². The Kier molecular flexibility index (Phi) is 7.07. The summed E-state index contributed by atoms with van der Waals surface area (Å²) in [7, 11) is 0. The van der Waals surface area contributed by atoms with Gasteiger partial charge in [-0.15, -0.1) is 11.6 Å². The monoisotopic (exact) mass is 357 g/mol. The Hall–Kier alpha value is -1.80. The van der Waals surface area contributed by atoms with E-state index in [-0.39, 0.29) is 11.4 Å². The first-order chi connectivity index (χ1) is 11.9. The second-order valence-electron chi connectivity index (χ2n) is 7.36. The highest BCUT2D eigenvalue weighted by Gasteiger charge is 2.27. The van der Waals surface area contributed by atoms with Crippen LogP contribution in [0.15, 0.2) is 54.6 Å². The molecule has 0 aliphatic heterocycles. The van der Waals surface area contributed by atoms with Gasteiger partial charge in [-0.3, -0.25) is 4.79 Å². The molecule has 0 radical (unpaired) electrons. The number of halogens is 1. The van der Waals surface area contributed by atoms with Crippen LogP contribution in [0.25, 0.3) is 0 Å². The molecule has 0 saturated carbocycles. The zero-order valence-corrected chi connectivity index (χ0v) is 16.2. The summed E-state index contributed by atoms with van der Waals surface area (Å²) in [6.07, 6.45) is 3.10. The highest BCUT2D eigenvalue weighted by atomic mass is 35.5. The summed E-state index contributed by atoms with van der Waals surface area (Å²) in [5.74, 6) is 0.428. The summed E-state index contributed by atoms with van der Waals surface area (Å²) >= 11 is 6.02. The van der Waals surface area contributed by atoms with E-state index in [1.807, 2.05) is 35.2 Å². The van der Waals surface area contributed by atoms with E-state index in [1.54, 1.807) is 0 Å². The van der Waals surface area contributed by atoms with Crippen molar-refractivity contribution in [1.82, 2.24) is 4.90 Å². The maximum Gasteiger partial charge on any atom is 0.254 e. The number of hydrogen-bond donors (Lipinski definition) is 0. The van der Waals surface area contributed by atoms with Gasteiger partial charge < -0.3 is 4.90 Å². The molecule has 0 fully saturated rings. The van der Waals surface area contributed by atoms with Crippen molar-refractivity contribution in [3.63, 3.8) is 0 Å². The van der Waals surface area contributed by atoms with Gasteiger partial charge in [0.15, 0.2) is 0 Å². The average Bonchev–Trinajstić information content (AvgIpc) is 2.61. The van der Waals surface area contributed by atoms with Gasteiger partial charge in [0.25, 0.3) is 5.91 Å². The summed E-state index contributed by atoms with van der Waals surface area (Å²) in [5.41, 5.74) is 2.75. The largest absolute Gasteiger partial charge is 0.334 e. The number of carbonyl (C=O) groups is 1. The summed E-state index contributed by atoms with van der Waals surface area (Å²) in [5, 5.41) is 0. The predicted molar refractivity (Wildman–Crippen MR) is 106 cm³/mol. The summed E-state index contributed by atoms with van der Waals surface area (Å²) < 4.78 is 0. The van der Waals surface area contributed by atoms with Crippen LogP contribution >= 0.6 is 11.6 Å². The Bertz CT molecular complexity index is 676. The molecular formula is C22H28ClNO. The highest BCUT2D eigenvalue weighted by Crippen LogP contribution is 2.21. The van der Waals surface area contributed by atoms with Gasteiger partial charge in [-0.1, -0.05) is 48.5 Å². The third kappa shape index (κ3) is 5.61. The van der Waals surface area contributed by atoms with Gasteiger partial charge in [-0.25, -0.2) is 0 Å². The minimum absolute atomic E-state index is 0.0726. The molecule has 134 valence electrons. The first kappa shape index (κ1) is 19.5. The summed E-state index contributed by atoms with van der Waals surface area (Å²) in [6, 6.07) is 18.1. The van der Waals surface area contributed by atoms with Crippen molar-refractivity contribution in [2.45, 2.75) is 51.5 Å². The molecule has 0 aromatic heterocycles. The van der Waals surface area contributed by atoms with Crippen molar-refractivity contribution in [1.29, 1.82) is 0 Å². The number of alkyl halides is 1. The smallest absolute Gasteiger partial charge is 0.254 e. The lowest BCUT2D eigenvalue weighted by atomic mass is 10.0. The Morgan fingerprint density at radius 3 is 2.24 bits per heavy atom. The lowest BCUT2D eigenvalue weighted by molar-refractivity contribution is 0.0577. The normalized spacial score (nSPS) is 11.4. The molecule has 0 aliphatic carbocycles. The molecule has 3 heteroatoms. The zero-order chi connectivity index (χ0) is 18.3. The fourth-order valence-electron chi connectivity index (χ4n) is 2.98. The molecule has 0 N–H and O–H groups in total. The molecule has 0 aliphatic rings. The van der Waals surface area contributed by atoms with E-state index in [1.165, 1.54) is 5.56 Å². The van der Waals surface area contributed by atoms with E-state index < -0.39 is 0 Å².